The van der Waals surface area contributed by atoms with Crippen LogP contribution in [0.1, 0.15) is 195 Å². The molecule has 17 heteroatoms. The van der Waals surface area contributed by atoms with Crippen molar-refractivity contribution in [2.45, 2.75) is 151 Å². The van der Waals surface area contributed by atoms with E-state index in [1.165, 1.54) is 38.5 Å². The molecule has 0 saturated carbocycles. The molecule has 0 saturated heterocycles. The summed E-state index contributed by atoms with van der Waals surface area (Å²) in [6.45, 7) is 31.1. The van der Waals surface area contributed by atoms with Crippen LogP contribution in [0.5, 0.6) is 34.5 Å². The summed E-state index contributed by atoms with van der Waals surface area (Å²) in [6, 6.07) is 26.3. The van der Waals surface area contributed by atoms with Crippen molar-refractivity contribution >= 4 is 58.3 Å². The lowest BCUT2D eigenvalue weighted by Crippen LogP contribution is -2.30. The minimum atomic E-state index is -0.850. The Morgan fingerprint density at radius 2 is 0.679 bits per heavy atom. The van der Waals surface area contributed by atoms with Crippen LogP contribution < -0.4 is 45.0 Å². The molecule has 4 amide bonds. The highest BCUT2D eigenvalue weighted by Gasteiger charge is 2.41. The van der Waals surface area contributed by atoms with Crippen LogP contribution in [-0.2, 0) is 25.7 Å². The van der Waals surface area contributed by atoms with Crippen LogP contribution in [0.4, 0.5) is 22.7 Å². The smallest absolute Gasteiger partial charge is 0.337 e. The zero-order valence-corrected chi connectivity index (χ0v) is 51.4. The number of esters is 2. The molecule has 0 spiro atoms. The van der Waals surface area contributed by atoms with Crippen LogP contribution in [-0.4, -0.2) is 74.2 Å². The second-order valence-electron chi connectivity index (χ2n) is 24.3. The third kappa shape index (κ3) is 14.3. The van der Waals surface area contributed by atoms with Crippen LogP contribution >= 0.6 is 0 Å². The van der Waals surface area contributed by atoms with Crippen LogP contribution in [0.2, 0.25) is 0 Å². The highest BCUT2D eigenvalue weighted by molar-refractivity contribution is 6.11. The van der Waals surface area contributed by atoms with Gasteiger partial charge in [-0.05, 0) is 162 Å². The van der Waals surface area contributed by atoms with E-state index in [2.05, 4.69) is 74.9 Å². The number of benzene rings is 6. The average Bonchev–Trinajstić information content (AvgIpc) is 0.769. The monoisotopic (exact) mass is 1150 g/mol. The summed E-state index contributed by atoms with van der Waals surface area (Å²) < 4.78 is 41.2. The van der Waals surface area contributed by atoms with Gasteiger partial charge in [-0.2, -0.15) is 0 Å². The fourth-order valence-corrected chi connectivity index (χ4v) is 9.31. The molecule has 6 aromatic carbocycles. The quantitative estimate of drug-likeness (QED) is 0.0590. The van der Waals surface area contributed by atoms with Crippen molar-refractivity contribution in [1.29, 1.82) is 0 Å². The largest absolute Gasteiger partial charge is 0.489 e. The maximum absolute atomic E-state index is 15.1. The van der Waals surface area contributed by atoms with E-state index in [0.29, 0.717) is 11.4 Å². The first-order chi connectivity index (χ1) is 39.3. The number of methoxy groups -OCH3 is 2. The molecule has 0 aromatic heterocycles. The molecule has 0 unspecified atom stereocenters. The summed E-state index contributed by atoms with van der Waals surface area (Å²) >= 11 is 0. The molecule has 444 valence electrons. The van der Waals surface area contributed by atoms with Crippen LogP contribution in [0.15, 0.2) is 97.1 Å². The van der Waals surface area contributed by atoms with E-state index in [9.17, 15) is 19.2 Å². The molecular formula is C67H78N4O13. The number of ether oxygens (including phenoxy) is 7. The highest BCUT2D eigenvalue weighted by Crippen LogP contribution is 2.53. The molecular weight excluding hydrogens is 1070 g/mol. The Bertz CT molecular complexity index is 3320. The lowest BCUT2D eigenvalue weighted by Gasteiger charge is -2.38. The number of carbonyl (C=O) groups excluding carboxylic acids is 6. The number of hydrogen-bond acceptors (Lipinski definition) is 13. The molecule has 1 heterocycles. The number of fused-ring (bicyclic) bond motifs is 2. The SMILES string of the molecule is COC(=O)c1ccc(NC(=O)c2ccc(NC(=O)c3cc(C(C)(C)C)cc4c3Oc3c(C(=O)Nc5ccc(C(=O)Nc6ccc(C(=O)OC)cc6OC(C)C)cc5OC(C)C)cc(C(C)(C)C)cc3C4(C)C)c(OC(C)C)c2)c(OC(C)C)c1. The topological polar surface area (TPSA) is 215 Å². The lowest BCUT2D eigenvalue weighted by molar-refractivity contribution is 0.0591. The predicted octanol–water partition coefficient (Wildman–Crippen LogP) is 14.4. The third-order valence-electron chi connectivity index (χ3n) is 13.7. The Morgan fingerprint density at radius 1 is 0.405 bits per heavy atom. The fraction of sp³-hybridized carbons (Fsp3) is 0.373. The number of anilines is 4. The molecule has 0 fully saturated rings. The van der Waals surface area contributed by atoms with Gasteiger partial charge in [0, 0.05) is 27.7 Å². The van der Waals surface area contributed by atoms with Crippen molar-refractivity contribution in [3.05, 3.63) is 153 Å². The van der Waals surface area contributed by atoms with E-state index in [4.69, 9.17) is 33.2 Å². The standard InChI is InChI=1S/C67H78N4O13/c1-35(2)80-53-27-39(59(72)68-49-25-21-41(63(76)78-17)29-55(49)82-37(5)6)19-23-51(53)70-61(74)45-31-43(65(9,10)11)33-47-57(45)84-58-46(32-44(66(12,13)14)34-48(58)67(47,15)16)62(75)71-52-24-20-40(28-54(52)81-36(3)4)60(73)69-50-26-22-42(64(77)79-18)30-56(50)83-38(7)8/h19-38H,1-18H3,(H,68,72)(H,69,73)(H,70,74)(H,71,75). The number of nitrogens with one attached hydrogen (secondary N) is 4. The summed E-state index contributed by atoms with van der Waals surface area (Å²) in [5.74, 6) is -1.73. The minimum absolute atomic E-state index is 0.191. The Labute approximate surface area is 492 Å². The summed E-state index contributed by atoms with van der Waals surface area (Å²) in [5, 5.41) is 11.9. The molecule has 17 nitrogen and oxygen atoms in total. The van der Waals surface area contributed by atoms with Crippen molar-refractivity contribution in [2.75, 3.05) is 35.5 Å². The van der Waals surface area contributed by atoms with E-state index < -0.39 is 51.8 Å². The maximum Gasteiger partial charge on any atom is 0.337 e. The molecule has 84 heavy (non-hydrogen) atoms. The van der Waals surface area contributed by atoms with Gasteiger partial charge >= 0.3 is 11.9 Å². The number of carbonyl (C=O) groups is 6. The summed E-state index contributed by atoms with van der Waals surface area (Å²) in [4.78, 5) is 82.9. The normalized spacial score (nSPS) is 12.6. The summed E-state index contributed by atoms with van der Waals surface area (Å²) in [5.41, 5.74) is 3.94. The molecule has 6 aromatic rings. The van der Waals surface area contributed by atoms with Crippen LogP contribution in [0, 0.1) is 0 Å². The van der Waals surface area contributed by atoms with Gasteiger partial charge in [-0.1, -0.05) is 67.5 Å². The Kier molecular flexibility index (Phi) is 18.6. The van der Waals surface area contributed by atoms with Gasteiger partial charge in [-0.25, -0.2) is 9.59 Å². The number of hydrogen-bond donors (Lipinski definition) is 4. The van der Waals surface area contributed by atoms with Gasteiger partial charge < -0.3 is 54.4 Å². The molecule has 1 aliphatic rings. The van der Waals surface area contributed by atoms with E-state index in [1.54, 1.807) is 60.7 Å². The Hall–Kier alpha value is -8.86. The molecule has 4 N–H and O–H groups in total. The van der Waals surface area contributed by atoms with Gasteiger partial charge in [0.05, 0.1) is 83.6 Å². The fourth-order valence-electron chi connectivity index (χ4n) is 9.31. The predicted molar refractivity (Wildman–Crippen MR) is 326 cm³/mol. The van der Waals surface area contributed by atoms with Crippen LogP contribution in [0.25, 0.3) is 0 Å². The molecule has 7 rings (SSSR count). The Morgan fingerprint density at radius 3 is 0.952 bits per heavy atom. The molecule has 0 radical (unpaired) electrons. The highest BCUT2D eigenvalue weighted by atomic mass is 16.5. The van der Waals surface area contributed by atoms with Crippen molar-refractivity contribution < 1.29 is 61.9 Å². The van der Waals surface area contributed by atoms with Gasteiger partial charge in [-0.15, -0.1) is 0 Å². The van der Waals surface area contributed by atoms with Crippen molar-refractivity contribution in [3.63, 3.8) is 0 Å². The second kappa shape index (κ2) is 24.9. The van der Waals surface area contributed by atoms with Crippen molar-refractivity contribution in [2.24, 2.45) is 0 Å². The second-order valence-corrected chi connectivity index (χ2v) is 24.3. The van der Waals surface area contributed by atoms with Gasteiger partial charge in [0.2, 0.25) is 0 Å². The summed E-state index contributed by atoms with van der Waals surface area (Å²) in [6.07, 6.45) is -1.30. The maximum atomic E-state index is 15.1. The van der Waals surface area contributed by atoms with Crippen molar-refractivity contribution in [1.82, 2.24) is 0 Å². The van der Waals surface area contributed by atoms with E-state index in [1.807, 2.05) is 69.2 Å². The van der Waals surface area contributed by atoms with Gasteiger partial charge in [0.15, 0.2) is 0 Å². The Balaban J connectivity index is 1.26. The van der Waals surface area contributed by atoms with E-state index in [-0.39, 0.29) is 104 Å². The van der Waals surface area contributed by atoms with Crippen LogP contribution in [0.3, 0.4) is 0 Å². The van der Waals surface area contributed by atoms with Gasteiger partial charge in [0.1, 0.15) is 34.5 Å². The molecule has 1 aliphatic heterocycles. The molecule has 0 bridgehead atoms. The third-order valence-corrected chi connectivity index (χ3v) is 13.7. The minimum Gasteiger partial charge on any atom is -0.489 e. The number of rotatable bonds is 18. The average molecular weight is 1150 g/mol. The van der Waals surface area contributed by atoms with E-state index in [0.717, 1.165) is 22.3 Å². The number of amides is 4. The first-order valence-corrected chi connectivity index (χ1v) is 28.0. The van der Waals surface area contributed by atoms with Gasteiger partial charge in [0.25, 0.3) is 23.6 Å². The van der Waals surface area contributed by atoms with Crippen molar-refractivity contribution in [3.8, 4) is 34.5 Å². The van der Waals surface area contributed by atoms with E-state index >= 15 is 9.59 Å². The molecule has 0 atom stereocenters. The summed E-state index contributed by atoms with van der Waals surface area (Å²) in [7, 11) is 2.56. The molecule has 0 aliphatic carbocycles. The zero-order chi connectivity index (χ0) is 61.9. The van der Waals surface area contributed by atoms with Gasteiger partial charge in [-0.3, -0.25) is 19.2 Å². The first-order valence-electron chi connectivity index (χ1n) is 28.0. The first kappa shape index (κ1) is 62.7. The zero-order valence-electron chi connectivity index (χ0n) is 51.4. The lowest BCUT2D eigenvalue weighted by atomic mass is 9.70.